The van der Waals surface area contributed by atoms with Gasteiger partial charge in [0.2, 0.25) is 0 Å². The van der Waals surface area contributed by atoms with E-state index in [1.165, 1.54) is 11.3 Å². The van der Waals surface area contributed by atoms with Crippen LogP contribution in [0.5, 0.6) is 0 Å². The monoisotopic (exact) mass is 432 g/mol. The van der Waals surface area contributed by atoms with Crippen molar-refractivity contribution in [3.8, 4) is 0 Å². The molecule has 0 saturated carbocycles. The molecule has 3 unspecified atom stereocenters. The van der Waals surface area contributed by atoms with Crippen molar-refractivity contribution < 1.29 is 4.21 Å². The summed E-state index contributed by atoms with van der Waals surface area (Å²) in [5.74, 6) is 1.17. The fraction of sp³-hybridized carbons (Fsp3) is 0.333. The van der Waals surface area contributed by atoms with Crippen molar-refractivity contribution in [1.29, 1.82) is 0 Å². The van der Waals surface area contributed by atoms with Crippen molar-refractivity contribution >= 4 is 32.6 Å². The van der Waals surface area contributed by atoms with Crippen LogP contribution in [-0.4, -0.2) is 17.3 Å². The highest BCUT2D eigenvalue weighted by molar-refractivity contribution is 9.10. The number of nitrogens with one attached hydrogen (secondary N) is 2. The maximum atomic E-state index is 12.1. The van der Waals surface area contributed by atoms with Crippen molar-refractivity contribution in [1.82, 2.24) is 4.72 Å². The Morgan fingerprint density at radius 1 is 1.23 bits per heavy atom. The van der Waals surface area contributed by atoms with Crippen LogP contribution in [0.15, 0.2) is 70.1 Å². The van der Waals surface area contributed by atoms with Crippen LogP contribution >= 0.6 is 15.9 Å². The molecule has 1 aliphatic heterocycles. The second kappa shape index (κ2) is 9.49. The Balaban J connectivity index is 0.000000236. The fourth-order valence-electron chi connectivity index (χ4n) is 3.30. The first-order chi connectivity index (χ1) is 12.7. The topological polar surface area (TPSA) is 41.1 Å². The van der Waals surface area contributed by atoms with Crippen LogP contribution in [0.1, 0.15) is 31.2 Å². The predicted octanol–water partition coefficient (Wildman–Crippen LogP) is 5.24. The molecule has 3 nitrogen and oxygen atoms in total. The first-order valence-corrected chi connectivity index (χ1v) is 11.0. The van der Waals surface area contributed by atoms with Crippen LogP contribution in [0.3, 0.4) is 0 Å². The molecule has 138 valence electrons. The molecule has 0 bridgehead atoms. The Morgan fingerprint density at radius 3 is 2.73 bits per heavy atom. The van der Waals surface area contributed by atoms with Gasteiger partial charge in [0, 0.05) is 29.2 Å². The fourth-order valence-corrected chi connectivity index (χ4v) is 4.59. The summed E-state index contributed by atoms with van der Waals surface area (Å²) in [5.41, 5.74) is 2.50. The molecule has 2 aromatic carbocycles. The minimum Gasteiger partial charge on any atom is -0.384 e. The van der Waals surface area contributed by atoms with Crippen LogP contribution in [-0.2, 0) is 11.0 Å². The van der Waals surface area contributed by atoms with Gasteiger partial charge < -0.3 is 5.32 Å². The molecule has 2 N–H and O–H groups in total. The minimum atomic E-state index is -1.09. The highest BCUT2D eigenvalue weighted by Gasteiger charge is 2.30. The summed E-state index contributed by atoms with van der Waals surface area (Å²) in [6, 6.07) is 16.1. The van der Waals surface area contributed by atoms with Gasteiger partial charge >= 0.3 is 0 Å². The third-order valence-electron chi connectivity index (χ3n) is 4.66. The average molecular weight is 433 g/mol. The SMILES string of the molecule is Brc1ccccc1.CCCNS(=O)c1ccc2c(c1)C1C=CCC1CN2. The predicted molar refractivity (Wildman–Crippen MR) is 114 cm³/mol. The molecule has 5 heteroatoms. The minimum absolute atomic E-state index is 0.499. The summed E-state index contributed by atoms with van der Waals surface area (Å²) in [5, 5.41) is 3.48. The molecule has 0 fully saturated rings. The Labute approximate surface area is 167 Å². The molecule has 3 atom stereocenters. The molecule has 0 amide bonds. The van der Waals surface area contributed by atoms with Gasteiger partial charge in [0.1, 0.15) is 11.0 Å². The van der Waals surface area contributed by atoms with Crippen molar-refractivity contribution in [2.75, 3.05) is 18.4 Å². The van der Waals surface area contributed by atoms with E-state index in [1.54, 1.807) is 0 Å². The average Bonchev–Trinajstić information content (AvgIpc) is 3.16. The number of hydrogen-bond donors (Lipinski definition) is 2. The lowest BCUT2D eigenvalue weighted by molar-refractivity contribution is 0.522. The normalized spacial score (nSPS) is 21.0. The zero-order valence-corrected chi connectivity index (χ0v) is 17.4. The van der Waals surface area contributed by atoms with Crippen molar-refractivity contribution in [3.05, 3.63) is 70.7 Å². The smallest absolute Gasteiger partial charge is 0.124 e. The molecular formula is C21H25BrN2OS. The number of anilines is 1. The Hall–Kier alpha value is -1.43. The molecular weight excluding hydrogens is 408 g/mol. The van der Waals surface area contributed by atoms with Crippen molar-refractivity contribution in [2.24, 2.45) is 5.92 Å². The number of allylic oxidation sites excluding steroid dienone is 2. The van der Waals surface area contributed by atoms with Crippen LogP contribution in [0.25, 0.3) is 0 Å². The second-order valence-corrected chi connectivity index (χ2v) is 8.75. The van der Waals surface area contributed by atoms with E-state index in [9.17, 15) is 4.21 Å². The molecule has 0 radical (unpaired) electrons. The lowest BCUT2D eigenvalue weighted by atomic mass is 9.85. The van der Waals surface area contributed by atoms with Gasteiger partial charge in [-0.05, 0) is 54.7 Å². The molecule has 2 aromatic rings. The zero-order chi connectivity index (χ0) is 18.4. The number of halogens is 1. The van der Waals surface area contributed by atoms with E-state index >= 15 is 0 Å². The third-order valence-corrected chi connectivity index (χ3v) is 6.33. The van der Waals surface area contributed by atoms with Crippen LogP contribution in [0.4, 0.5) is 5.69 Å². The number of benzene rings is 2. The largest absolute Gasteiger partial charge is 0.384 e. The Kier molecular flexibility index (Phi) is 7.06. The third kappa shape index (κ3) is 4.84. The molecule has 4 rings (SSSR count). The van der Waals surface area contributed by atoms with Crippen molar-refractivity contribution in [2.45, 2.75) is 30.6 Å². The van der Waals surface area contributed by atoms with Gasteiger partial charge in [0.05, 0.1) is 4.90 Å². The summed E-state index contributed by atoms with van der Waals surface area (Å²) >= 11 is 3.31. The number of fused-ring (bicyclic) bond motifs is 3. The summed E-state index contributed by atoms with van der Waals surface area (Å²) in [7, 11) is -1.09. The van der Waals surface area contributed by atoms with E-state index in [0.29, 0.717) is 11.8 Å². The van der Waals surface area contributed by atoms with Gasteiger partial charge in [-0.25, -0.2) is 8.93 Å². The molecule has 1 aliphatic carbocycles. The molecule has 26 heavy (non-hydrogen) atoms. The standard InChI is InChI=1S/C15H20N2OS.C6H5Br/c1-2-8-17-19(18)12-6-7-15-14(9-12)13-5-3-4-11(13)10-16-15;7-6-4-2-1-3-5-6/h3,5-7,9,11,13,16-17H,2,4,8,10H2,1H3;1-5H. The Bertz CT molecular complexity index is 779. The maximum Gasteiger partial charge on any atom is 0.124 e. The zero-order valence-electron chi connectivity index (χ0n) is 15.0. The summed E-state index contributed by atoms with van der Waals surface area (Å²) in [6.45, 7) is 3.91. The van der Waals surface area contributed by atoms with Gasteiger partial charge in [-0.2, -0.15) is 0 Å². The van der Waals surface area contributed by atoms with Crippen LogP contribution < -0.4 is 10.0 Å². The molecule has 2 aliphatic rings. The highest BCUT2D eigenvalue weighted by Crippen LogP contribution is 2.42. The van der Waals surface area contributed by atoms with Gasteiger partial charge in [-0.15, -0.1) is 0 Å². The van der Waals surface area contributed by atoms with E-state index in [1.807, 2.05) is 36.4 Å². The highest BCUT2D eigenvalue weighted by atomic mass is 79.9. The molecule has 0 aromatic heterocycles. The second-order valence-electron chi connectivity index (χ2n) is 6.54. The lowest BCUT2D eigenvalue weighted by Gasteiger charge is -2.29. The van der Waals surface area contributed by atoms with E-state index in [-0.39, 0.29) is 0 Å². The number of rotatable bonds is 4. The molecule has 0 saturated heterocycles. The molecule has 0 spiro atoms. The maximum absolute atomic E-state index is 12.1. The lowest BCUT2D eigenvalue weighted by Crippen LogP contribution is -2.25. The molecule has 1 heterocycles. The van der Waals surface area contributed by atoms with Gasteiger partial charge in [0.15, 0.2) is 0 Å². The Morgan fingerprint density at radius 2 is 2.04 bits per heavy atom. The first kappa shape index (κ1) is 19.3. The van der Waals surface area contributed by atoms with Crippen LogP contribution in [0, 0.1) is 5.92 Å². The van der Waals surface area contributed by atoms with Crippen LogP contribution in [0.2, 0.25) is 0 Å². The van der Waals surface area contributed by atoms with E-state index < -0.39 is 11.0 Å². The summed E-state index contributed by atoms with van der Waals surface area (Å²) in [4.78, 5) is 0.884. The van der Waals surface area contributed by atoms with E-state index in [2.05, 4.69) is 57.2 Å². The van der Waals surface area contributed by atoms with E-state index in [4.69, 9.17) is 0 Å². The quantitative estimate of drug-likeness (QED) is 0.648. The summed E-state index contributed by atoms with van der Waals surface area (Å²) in [6.07, 6.45) is 6.71. The van der Waals surface area contributed by atoms with Gasteiger partial charge in [-0.3, -0.25) is 0 Å². The first-order valence-electron chi connectivity index (χ1n) is 9.09. The summed E-state index contributed by atoms with van der Waals surface area (Å²) < 4.78 is 16.3. The number of hydrogen-bond acceptors (Lipinski definition) is 2. The van der Waals surface area contributed by atoms with Gasteiger partial charge in [-0.1, -0.05) is 53.2 Å². The van der Waals surface area contributed by atoms with Gasteiger partial charge in [0.25, 0.3) is 0 Å². The van der Waals surface area contributed by atoms with E-state index in [0.717, 1.165) is 35.3 Å². The van der Waals surface area contributed by atoms with Crippen molar-refractivity contribution in [3.63, 3.8) is 0 Å².